The Morgan fingerprint density at radius 3 is 2.47 bits per heavy atom. The number of amides is 1. The van der Waals surface area contributed by atoms with Crippen LogP contribution in [0.2, 0.25) is 0 Å². The van der Waals surface area contributed by atoms with Gasteiger partial charge in [-0.05, 0) is 38.8 Å². The van der Waals surface area contributed by atoms with Crippen molar-refractivity contribution in [1.82, 2.24) is 5.32 Å². The number of para-hydroxylation sites is 1. The standard InChI is InChI=1S/C15H22N2O2/c1-10-6-5-7-11(2)13(10)17-12(8-18)14(19)16-9-15(17,3)4/h5-7,12,18H,8-9H2,1-4H3,(H,16,19). The molecule has 0 spiro atoms. The molecule has 4 heteroatoms. The predicted octanol–water partition coefficient (Wildman–Crippen LogP) is 1.38. The Kier molecular flexibility index (Phi) is 3.54. The smallest absolute Gasteiger partial charge is 0.245 e. The van der Waals surface area contributed by atoms with E-state index in [9.17, 15) is 9.90 Å². The van der Waals surface area contributed by atoms with Crippen LogP contribution in [0.5, 0.6) is 0 Å². The molecule has 0 aliphatic carbocycles. The van der Waals surface area contributed by atoms with Crippen LogP contribution in [0, 0.1) is 13.8 Å². The van der Waals surface area contributed by atoms with Crippen LogP contribution in [0.25, 0.3) is 0 Å². The molecular weight excluding hydrogens is 240 g/mol. The lowest BCUT2D eigenvalue weighted by atomic mass is 9.92. The van der Waals surface area contributed by atoms with Gasteiger partial charge in [0, 0.05) is 12.2 Å². The van der Waals surface area contributed by atoms with E-state index in [1.807, 2.05) is 32.0 Å². The molecule has 0 bridgehead atoms. The quantitative estimate of drug-likeness (QED) is 0.846. The number of hydrogen-bond donors (Lipinski definition) is 2. The predicted molar refractivity (Wildman–Crippen MR) is 76.4 cm³/mol. The zero-order valence-corrected chi connectivity index (χ0v) is 12.0. The highest BCUT2D eigenvalue weighted by Gasteiger charge is 2.41. The Balaban J connectivity index is 2.57. The number of piperazine rings is 1. The van der Waals surface area contributed by atoms with Crippen LogP contribution >= 0.6 is 0 Å². The fraction of sp³-hybridized carbons (Fsp3) is 0.533. The molecule has 1 heterocycles. The van der Waals surface area contributed by atoms with Crippen molar-refractivity contribution in [3.63, 3.8) is 0 Å². The van der Waals surface area contributed by atoms with Gasteiger partial charge in [0.25, 0.3) is 0 Å². The van der Waals surface area contributed by atoms with Crippen molar-refractivity contribution >= 4 is 11.6 Å². The fourth-order valence-electron chi connectivity index (χ4n) is 2.85. The molecule has 1 atom stereocenters. The topological polar surface area (TPSA) is 52.6 Å². The first kappa shape index (κ1) is 13.9. The molecule has 4 nitrogen and oxygen atoms in total. The third-order valence-electron chi connectivity index (χ3n) is 3.82. The lowest BCUT2D eigenvalue weighted by Gasteiger charge is -2.49. The van der Waals surface area contributed by atoms with Gasteiger partial charge in [-0.2, -0.15) is 0 Å². The summed E-state index contributed by atoms with van der Waals surface area (Å²) in [5.41, 5.74) is 3.09. The van der Waals surface area contributed by atoms with Crippen LogP contribution in [-0.4, -0.2) is 35.7 Å². The van der Waals surface area contributed by atoms with E-state index < -0.39 is 6.04 Å². The molecule has 1 fully saturated rings. The van der Waals surface area contributed by atoms with Gasteiger partial charge in [0.05, 0.1) is 12.1 Å². The number of nitrogens with one attached hydrogen (secondary N) is 1. The molecule has 1 unspecified atom stereocenters. The van der Waals surface area contributed by atoms with Crippen LogP contribution in [-0.2, 0) is 4.79 Å². The average Bonchev–Trinajstić information content (AvgIpc) is 2.34. The molecule has 1 aliphatic rings. The van der Waals surface area contributed by atoms with Crippen molar-refractivity contribution in [3.05, 3.63) is 29.3 Å². The summed E-state index contributed by atoms with van der Waals surface area (Å²) < 4.78 is 0. The van der Waals surface area contributed by atoms with Crippen LogP contribution in [0.15, 0.2) is 18.2 Å². The van der Waals surface area contributed by atoms with Gasteiger partial charge in [0.1, 0.15) is 6.04 Å². The number of carbonyl (C=O) groups is 1. The molecule has 1 aliphatic heterocycles. The number of rotatable bonds is 2. The van der Waals surface area contributed by atoms with E-state index in [2.05, 4.69) is 24.1 Å². The second-order valence-corrected chi connectivity index (χ2v) is 5.84. The summed E-state index contributed by atoms with van der Waals surface area (Å²) in [6.07, 6.45) is 0. The van der Waals surface area contributed by atoms with Crippen LogP contribution < -0.4 is 10.2 Å². The molecule has 19 heavy (non-hydrogen) atoms. The highest BCUT2D eigenvalue weighted by atomic mass is 16.3. The second-order valence-electron chi connectivity index (χ2n) is 5.84. The van der Waals surface area contributed by atoms with Crippen LogP contribution in [0.1, 0.15) is 25.0 Å². The zero-order valence-electron chi connectivity index (χ0n) is 12.0. The Bertz CT molecular complexity index is 477. The van der Waals surface area contributed by atoms with Crippen molar-refractivity contribution in [2.24, 2.45) is 0 Å². The molecule has 0 radical (unpaired) electrons. The largest absolute Gasteiger partial charge is 0.394 e. The number of aliphatic hydroxyl groups is 1. The number of aliphatic hydroxyl groups excluding tert-OH is 1. The highest BCUT2D eigenvalue weighted by Crippen LogP contribution is 2.34. The molecule has 1 aromatic rings. The SMILES string of the molecule is Cc1cccc(C)c1N1C(CO)C(=O)NCC1(C)C. The van der Waals surface area contributed by atoms with Crippen LogP contribution in [0.3, 0.4) is 0 Å². The minimum Gasteiger partial charge on any atom is -0.394 e. The summed E-state index contributed by atoms with van der Waals surface area (Å²) >= 11 is 0. The maximum atomic E-state index is 12.0. The minimum absolute atomic E-state index is 0.107. The molecule has 2 rings (SSSR count). The lowest BCUT2D eigenvalue weighted by Crippen LogP contribution is -2.67. The summed E-state index contributed by atoms with van der Waals surface area (Å²) in [7, 11) is 0. The first-order valence-electron chi connectivity index (χ1n) is 6.62. The third kappa shape index (κ3) is 2.32. The zero-order chi connectivity index (χ0) is 14.2. The molecule has 1 amide bonds. The highest BCUT2D eigenvalue weighted by molar-refractivity contribution is 5.88. The first-order chi connectivity index (χ1) is 8.88. The Labute approximate surface area is 114 Å². The van der Waals surface area contributed by atoms with Gasteiger partial charge < -0.3 is 15.3 Å². The molecule has 0 saturated carbocycles. The molecule has 0 aromatic heterocycles. The molecule has 1 aromatic carbocycles. The lowest BCUT2D eigenvalue weighted by molar-refractivity contribution is -0.125. The van der Waals surface area contributed by atoms with Gasteiger partial charge in [-0.25, -0.2) is 0 Å². The van der Waals surface area contributed by atoms with Crippen molar-refractivity contribution in [2.45, 2.75) is 39.3 Å². The van der Waals surface area contributed by atoms with Crippen LogP contribution in [0.4, 0.5) is 5.69 Å². The van der Waals surface area contributed by atoms with E-state index >= 15 is 0 Å². The summed E-state index contributed by atoms with van der Waals surface area (Å²) in [5, 5.41) is 12.5. The first-order valence-corrected chi connectivity index (χ1v) is 6.62. The molecular formula is C15H22N2O2. The van der Waals surface area contributed by atoms with Gasteiger partial charge in [0.2, 0.25) is 5.91 Å². The number of carbonyl (C=O) groups excluding carboxylic acids is 1. The normalized spacial score (nSPS) is 22.3. The summed E-state index contributed by atoms with van der Waals surface area (Å²) in [6, 6.07) is 5.57. The minimum atomic E-state index is -0.524. The maximum absolute atomic E-state index is 12.0. The van der Waals surface area contributed by atoms with Crippen molar-refractivity contribution in [3.8, 4) is 0 Å². The van der Waals surface area contributed by atoms with Gasteiger partial charge >= 0.3 is 0 Å². The molecule has 2 N–H and O–H groups in total. The van der Waals surface area contributed by atoms with Gasteiger partial charge in [-0.1, -0.05) is 18.2 Å². The summed E-state index contributed by atoms with van der Waals surface area (Å²) in [6.45, 7) is 8.65. The fourth-order valence-corrected chi connectivity index (χ4v) is 2.85. The van der Waals surface area contributed by atoms with Crippen molar-refractivity contribution in [1.29, 1.82) is 0 Å². The van der Waals surface area contributed by atoms with E-state index in [0.717, 1.165) is 16.8 Å². The Morgan fingerprint density at radius 2 is 1.95 bits per heavy atom. The van der Waals surface area contributed by atoms with Gasteiger partial charge in [0.15, 0.2) is 0 Å². The number of hydrogen-bond acceptors (Lipinski definition) is 3. The van der Waals surface area contributed by atoms with Crippen molar-refractivity contribution in [2.75, 3.05) is 18.1 Å². The number of nitrogens with zero attached hydrogens (tertiary/aromatic N) is 1. The Hall–Kier alpha value is -1.55. The molecule has 1 saturated heterocycles. The van der Waals surface area contributed by atoms with Gasteiger partial charge in [-0.3, -0.25) is 4.79 Å². The van der Waals surface area contributed by atoms with E-state index in [4.69, 9.17) is 0 Å². The van der Waals surface area contributed by atoms with Crippen molar-refractivity contribution < 1.29 is 9.90 Å². The van der Waals surface area contributed by atoms with E-state index in [1.165, 1.54) is 0 Å². The summed E-state index contributed by atoms with van der Waals surface area (Å²) in [4.78, 5) is 14.1. The summed E-state index contributed by atoms with van der Waals surface area (Å²) in [5.74, 6) is -0.107. The number of benzene rings is 1. The third-order valence-corrected chi connectivity index (χ3v) is 3.82. The second kappa shape index (κ2) is 4.85. The maximum Gasteiger partial charge on any atom is 0.245 e. The van der Waals surface area contributed by atoms with Gasteiger partial charge in [-0.15, -0.1) is 0 Å². The average molecular weight is 262 g/mol. The van der Waals surface area contributed by atoms with E-state index in [0.29, 0.717) is 6.54 Å². The van der Waals surface area contributed by atoms with E-state index in [-0.39, 0.29) is 18.1 Å². The molecule has 104 valence electrons. The number of anilines is 1. The number of aryl methyl sites for hydroxylation is 2. The monoisotopic (exact) mass is 262 g/mol. The van der Waals surface area contributed by atoms with E-state index in [1.54, 1.807) is 0 Å². The Morgan fingerprint density at radius 1 is 1.37 bits per heavy atom.